The summed E-state index contributed by atoms with van der Waals surface area (Å²) in [4.78, 5) is 26.2. The van der Waals surface area contributed by atoms with Crippen molar-refractivity contribution in [1.29, 1.82) is 5.26 Å². The lowest BCUT2D eigenvalue weighted by atomic mass is 9.85. The van der Waals surface area contributed by atoms with Gasteiger partial charge in [0.1, 0.15) is 11.7 Å². The molecule has 0 bridgehead atoms. The third kappa shape index (κ3) is 4.53. The number of hydrogen-bond acceptors (Lipinski definition) is 7. The number of hydrogen-bond donors (Lipinski definition) is 2. The number of piperidine rings is 1. The fraction of sp³-hybridized carbons (Fsp3) is 0.455. The predicted octanol–water partition coefficient (Wildman–Crippen LogP) is 2.36. The molecule has 1 aromatic heterocycles. The Morgan fingerprint density at radius 2 is 2.06 bits per heavy atom. The normalized spacial score (nSPS) is 19.8. The number of nitrogens with one attached hydrogen (secondary N) is 1. The van der Waals surface area contributed by atoms with Crippen LogP contribution in [0.5, 0.6) is 0 Å². The smallest absolute Gasteiger partial charge is 0.410 e. The molecule has 168 valence electrons. The van der Waals surface area contributed by atoms with Gasteiger partial charge < -0.3 is 25.4 Å². The van der Waals surface area contributed by atoms with Crippen LogP contribution in [0.4, 0.5) is 16.3 Å². The van der Waals surface area contributed by atoms with Crippen molar-refractivity contribution >= 4 is 23.5 Å². The Balaban J connectivity index is 1.52. The molecule has 4 rings (SSSR count). The summed E-state index contributed by atoms with van der Waals surface area (Å²) in [6, 6.07) is 11.6. The van der Waals surface area contributed by atoms with Gasteiger partial charge in [0.15, 0.2) is 5.82 Å². The van der Waals surface area contributed by atoms with Gasteiger partial charge in [-0.1, -0.05) is 18.2 Å². The van der Waals surface area contributed by atoms with Gasteiger partial charge in [-0.2, -0.15) is 10.4 Å². The molecule has 2 saturated heterocycles. The van der Waals surface area contributed by atoms with E-state index in [-0.39, 0.29) is 24.2 Å². The van der Waals surface area contributed by atoms with Crippen molar-refractivity contribution in [2.24, 2.45) is 5.73 Å². The third-order valence-corrected chi connectivity index (χ3v) is 6.02. The number of aromatic nitrogens is 2. The number of benzene rings is 1. The van der Waals surface area contributed by atoms with Crippen LogP contribution in [0, 0.1) is 11.3 Å². The minimum Gasteiger partial charge on any atom is -0.444 e. The average Bonchev–Trinajstić information content (AvgIpc) is 3.45. The van der Waals surface area contributed by atoms with Crippen LogP contribution in [0.25, 0.3) is 0 Å². The second kappa shape index (κ2) is 9.28. The van der Waals surface area contributed by atoms with E-state index in [4.69, 9.17) is 15.2 Å². The second-order valence-corrected chi connectivity index (χ2v) is 8.11. The maximum atomic E-state index is 12.5. The van der Waals surface area contributed by atoms with E-state index in [0.717, 1.165) is 5.69 Å². The van der Waals surface area contributed by atoms with E-state index in [1.54, 1.807) is 15.8 Å². The lowest BCUT2D eigenvalue weighted by molar-refractivity contribution is 0.0350. The van der Waals surface area contributed by atoms with Crippen LogP contribution in [0.3, 0.4) is 0 Å². The van der Waals surface area contributed by atoms with Crippen LogP contribution in [-0.2, 0) is 15.0 Å². The van der Waals surface area contributed by atoms with Crippen molar-refractivity contribution in [2.45, 2.75) is 37.3 Å². The van der Waals surface area contributed by atoms with Crippen molar-refractivity contribution in [3.8, 4) is 6.07 Å². The molecule has 1 unspecified atom stereocenters. The van der Waals surface area contributed by atoms with Crippen LogP contribution in [0.2, 0.25) is 0 Å². The lowest BCUT2D eigenvalue weighted by Gasteiger charge is -2.40. The Labute approximate surface area is 185 Å². The number of amides is 2. The Bertz CT molecular complexity index is 1000. The zero-order chi connectivity index (χ0) is 22.6. The molecule has 3 N–H and O–H groups in total. The van der Waals surface area contributed by atoms with E-state index in [1.165, 1.54) is 0 Å². The number of anilines is 2. The van der Waals surface area contributed by atoms with Gasteiger partial charge in [0.05, 0.1) is 31.2 Å². The fourth-order valence-electron chi connectivity index (χ4n) is 4.11. The number of primary amides is 1. The molecule has 10 nitrogen and oxygen atoms in total. The maximum absolute atomic E-state index is 12.5. The van der Waals surface area contributed by atoms with E-state index < -0.39 is 11.4 Å². The van der Waals surface area contributed by atoms with E-state index in [9.17, 15) is 14.9 Å². The number of carbonyl (C=O) groups excluding carboxylic acids is 2. The highest BCUT2D eigenvalue weighted by molar-refractivity contribution is 5.98. The molecule has 1 aromatic carbocycles. The Hall–Kier alpha value is -3.58. The van der Waals surface area contributed by atoms with Gasteiger partial charge in [0.25, 0.3) is 5.91 Å². The van der Waals surface area contributed by atoms with Gasteiger partial charge >= 0.3 is 6.09 Å². The summed E-state index contributed by atoms with van der Waals surface area (Å²) in [5.41, 5.74) is 5.95. The first kappa shape index (κ1) is 21.6. The van der Waals surface area contributed by atoms with Gasteiger partial charge in [0.2, 0.25) is 0 Å². The Morgan fingerprint density at radius 1 is 1.31 bits per heavy atom. The number of carbonyl (C=O) groups is 2. The molecule has 0 radical (unpaired) electrons. The molecule has 3 heterocycles. The second-order valence-electron chi connectivity index (χ2n) is 8.11. The van der Waals surface area contributed by atoms with Crippen LogP contribution in [0.1, 0.15) is 36.0 Å². The van der Waals surface area contributed by atoms with Gasteiger partial charge in [-0.05, 0) is 25.0 Å². The molecule has 0 saturated carbocycles. The molecule has 2 amide bonds. The van der Waals surface area contributed by atoms with E-state index in [2.05, 4.69) is 16.5 Å². The van der Waals surface area contributed by atoms with Crippen molar-refractivity contribution in [3.05, 3.63) is 42.1 Å². The number of para-hydroxylation sites is 1. The van der Waals surface area contributed by atoms with Gasteiger partial charge in [-0.3, -0.25) is 9.48 Å². The van der Waals surface area contributed by atoms with Crippen LogP contribution in [0.15, 0.2) is 36.5 Å². The monoisotopic (exact) mass is 438 g/mol. The van der Waals surface area contributed by atoms with Crippen molar-refractivity contribution in [3.63, 3.8) is 0 Å². The topological polar surface area (TPSA) is 136 Å². The summed E-state index contributed by atoms with van der Waals surface area (Å²) in [6.45, 7) is 1.87. The van der Waals surface area contributed by atoms with Crippen molar-refractivity contribution in [2.75, 3.05) is 31.6 Å². The maximum Gasteiger partial charge on any atom is 0.410 e. The lowest BCUT2D eigenvalue weighted by Crippen LogP contribution is -2.49. The van der Waals surface area contributed by atoms with E-state index >= 15 is 0 Å². The SMILES string of the molecule is N#CCC1(n2cc(C(N)=O)c(Nc3ccccc3)n2)CCN(C(=O)OC2CCOC2)CC1. The summed E-state index contributed by atoms with van der Waals surface area (Å²) < 4.78 is 12.4. The molecule has 2 fully saturated rings. The van der Waals surface area contributed by atoms with Gasteiger partial charge in [-0.15, -0.1) is 0 Å². The summed E-state index contributed by atoms with van der Waals surface area (Å²) in [5.74, 6) is -0.273. The highest BCUT2D eigenvalue weighted by Gasteiger charge is 2.40. The Kier molecular flexibility index (Phi) is 6.28. The summed E-state index contributed by atoms with van der Waals surface area (Å²) in [5, 5.41) is 17.2. The van der Waals surface area contributed by atoms with Gasteiger partial charge in [0, 0.05) is 31.4 Å². The quantitative estimate of drug-likeness (QED) is 0.706. The summed E-state index contributed by atoms with van der Waals surface area (Å²) in [6.07, 6.45) is 2.92. The van der Waals surface area contributed by atoms with E-state index in [0.29, 0.717) is 51.4 Å². The molecular formula is C22H26N6O4. The molecule has 1 atom stereocenters. The minimum absolute atomic E-state index is 0.191. The standard InChI is InChI=1S/C22H26N6O4/c23-10-7-22(8-11-27(12-9-22)21(30)32-17-6-13-31-15-17)28-14-18(19(24)29)20(26-28)25-16-4-2-1-3-5-16/h1-5,14,17H,6-9,11-13,15H2,(H2,24,29)(H,25,26). The summed E-state index contributed by atoms with van der Waals surface area (Å²) >= 11 is 0. The van der Waals surface area contributed by atoms with Crippen LogP contribution < -0.4 is 11.1 Å². The van der Waals surface area contributed by atoms with Crippen LogP contribution in [-0.4, -0.2) is 59.1 Å². The molecule has 10 heteroatoms. The number of nitrogens with two attached hydrogens (primary N) is 1. The average molecular weight is 438 g/mol. The third-order valence-electron chi connectivity index (χ3n) is 6.02. The highest BCUT2D eigenvalue weighted by Crippen LogP contribution is 2.35. The van der Waals surface area contributed by atoms with Crippen molar-refractivity contribution in [1.82, 2.24) is 14.7 Å². The van der Waals surface area contributed by atoms with Crippen molar-refractivity contribution < 1.29 is 19.1 Å². The fourth-order valence-corrected chi connectivity index (χ4v) is 4.11. The molecule has 2 aliphatic rings. The molecular weight excluding hydrogens is 412 g/mol. The Morgan fingerprint density at radius 3 is 2.69 bits per heavy atom. The largest absolute Gasteiger partial charge is 0.444 e. The van der Waals surface area contributed by atoms with Crippen LogP contribution >= 0.6 is 0 Å². The number of nitrogens with zero attached hydrogens (tertiary/aromatic N) is 4. The molecule has 2 aromatic rings. The highest BCUT2D eigenvalue weighted by atomic mass is 16.6. The first-order valence-electron chi connectivity index (χ1n) is 10.6. The predicted molar refractivity (Wildman–Crippen MR) is 115 cm³/mol. The molecule has 0 aliphatic carbocycles. The number of likely N-dealkylation sites (tertiary alicyclic amines) is 1. The summed E-state index contributed by atoms with van der Waals surface area (Å²) in [7, 11) is 0. The minimum atomic E-state index is -0.650. The first-order chi connectivity index (χ1) is 15.5. The molecule has 2 aliphatic heterocycles. The zero-order valence-corrected chi connectivity index (χ0v) is 17.7. The molecule has 32 heavy (non-hydrogen) atoms. The van der Waals surface area contributed by atoms with Gasteiger partial charge in [-0.25, -0.2) is 4.79 Å². The zero-order valence-electron chi connectivity index (χ0n) is 17.7. The number of rotatable bonds is 6. The number of nitriles is 1. The number of ether oxygens (including phenoxy) is 2. The van der Waals surface area contributed by atoms with E-state index in [1.807, 2.05) is 30.3 Å². The first-order valence-corrected chi connectivity index (χ1v) is 10.6. The molecule has 0 spiro atoms.